The number of hydrogen-bond acceptors (Lipinski definition) is 4. The van der Waals surface area contributed by atoms with Gasteiger partial charge in [0, 0.05) is 26.4 Å². The first kappa shape index (κ1) is 15.1. The third-order valence-corrected chi connectivity index (χ3v) is 2.91. The number of amides is 1. The molecule has 0 unspecified atom stereocenters. The van der Waals surface area contributed by atoms with E-state index in [2.05, 4.69) is 10.4 Å². The summed E-state index contributed by atoms with van der Waals surface area (Å²) >= 11 is 0. The van der Waals surface area contributed by atoms with Gasteiger partial charge in [-0.1, -0.05) is 6.07 Å². The number of aromatic nitrogens is 2. The molecule has 0 spiro atoms. The number of nitrogens with zero attached hydrogens (tertiary/aromatic N) is 2. The van der Waals surface area contributed by atoms with E-state index in [1.807, 2.05) is 0 Å². The number of halogens is 1. The molecule has 0 fully saturated rings. The van der Waals surface area contributed by atoms with Crippen molar-refractivity contribution in [2.75, 3.05) is 20.3 Å². The van der Waals surface area contributed by atoms with Crippen molar-refractivity contribution in [2.24, 2.45) is 5.73 Å². The molecule has 1 heterocycles. The summed E-state index contributed by atoms with van der Waals surface area (Å²) < 4.78 is 20.3. The van der Waals surface area contributed by atoms with Gasteiger partial charge in [0.05, 0.1) is 6.61 Å². The molecule has 2 rings (SSSR count). The molecule has 0 atom stereocenters. The van der Waals surface area contributed by atoms with Crippen LogP contribution in [-0.2, 0) is 11.3 Å². The van der Waals surface area contributed by atoms with E-state index in [4.69, 9.17) is 10.5 Å². The molecule has 0 aliphatic heterocycles. The summed E-state index contributed by atoms with van der Waals surface area (Å²) in [5.74, 6) is -1.06. The third kappa shape index (κ3) is 3.87. The Morgan fingerprint density at radius 1 is 1.48 bits per heavy atom. The van der Waals surface area contributed by atoms with Crippen LogP contribution in [0, 0.1) is 5.82 Å². The fourth-order valence-corrected chi connectivity index (χ4v) is 1.84. The van der Waals surface area contributed by atoms with E-state index in [1.54, 1.807) is 19.2 Å². The topological polar surface area (TPSA) is 82.2 Å². The van der Waals surface area contributed by atoms with E-state index in [-0.39, 0.29) is 11.4 Å². The van der Waals surface area contributed by atoms with E-state index in [0.29, 0.717) is 19.7 Å². The minimum absolute atomic E-state index is 0.0970. The van der Waals surface area contributed by atoms with Gasteiger partial charge in [-0.05, 0) is 23.8 Å². The standard InChI is InChI=1S/C14H17FN4O2/c1-21-7-5-17-9-10-2-3-13(11(15)8-10)19-6-4-12(18-19)14(16)20/h2-4,6,8,17H,5,7,9H2,1H3,(H2,16,20). The van der Waals surface area contributed by atoms with Crippen LogP contribution in [0.25, 0.3) is 5.69 Å². The maximum absolute atomic E-state index is 14.1. The van der Waals surface area contributed by atoms with Gasteiger partial charge >= 0.3 is 0 Å². The van der Waals surface area contributed by atoms with Crippen LogP contribution in [0.4, 0.5) is 4.39 Å². The first-order chi connectivity index (χ1) is 10.1. The molecule has 0 saturated heterocycles. The van der Waals surface area contributed by atoms with Crippen LogP contribution in [0.5, 0.6) is 0 Å². The van der Waals surface area contributed by atoms with Gasteiger partial charge in [0.1, 0.15) is 17.2 Å². The number of primary amides is 1. The van der Waals surface area contributed by atoms with Crippen molar-refractivity contribution in [1.29, 1.82) is 0 Å². The highest BCUT2D eigenvalue weighted by molar-refractivity contribution is 5.90. The number of benzene rings is 1. The fourth-order valence-electron chi connectivity index (χ4n) is 1.84. The van der Waals surface area contributed by atoms with Crippen molar-refractivity contribution in [3.05, 3.63) is 47.5 Å². The van der Waals surface area contributed by atoms with E-state index in [1.165, 1.54) is 23.0 Å². The van der Waals surface area contributed by atoms with Crippen LogP contribution in [0.1, 0.15) is 16.1 Å². The molecule has 1 aromatic carbocycles. The number of carbonyl (C=O) groups excluding carboxylic acids is 1. The zero-order valence-electron chi connectivity index (χ0n) is 11.7. The molecule has 0 radical (unpaired) electrons. The summed E-state index contributed by atoms with van der Waals surface area (Å²) in [6, 6.07) is 6.28. The summed E-state index contributed by atoms with van der Waals surface area (Å²) in [7, 11) is 1.63. The second-order valence-electron chi connectivity index (χ2n) is 4.47. The third-order valence-electron chi connectivity index (χ3n) is 2.91. The van der Waals surface area contributed by atoms with Crippen molar-refractivity contribution < 1.29 is 13.9 Å². The molecule has 6 nitrogen and oxygen atoms in total. The predicted octanol–water partition coefficient (Wildman–Crippen LogP) is 0.846. The number of ether oxygens (including phenoxy) is 1. The van der Waals surface area contributed by atoms with Crippen LogP contribution >= 0.6 is 0 Å². The molecule has 21 heavy (non-hydrogen) atoms. The predicted molar refractivity (Wildman–Crippen MR) is 75.6 cm³/mol. The van der Waals surface area contributed by atoms with Crippen molar-refractivity contribution >= 4 is 5.91 Å². The summed E-state index contributed by atoms with van der Waals surface area (Å²) in [5.41, 5.74) is 6.30. The number of carbonyl (C=O) groups is 1. The SMILES string of the molecule is COCCNCc1ccc(-n2ccc(C(N)=O)n2)c(F)c1. The van der Waals surface area contributed by atoms with Gasteiger partial charge in [-0.15, -0.1) is 0 Å². The highest BCUT2D eigenvalue weighted by Crippen LogP contribution is 2.15. The molecule has 0 saturated carbocycles. The lowest BCUT2D eigenvalue weighted by atomic mass is 10.2. The Labute approximate surface area is 121 Å². The van der Waals surface area contributed by atoms with Gasteiger partial charge in [-0.3, -0.25) is 4.79 Å². The van der Waals surface area contributed by atoms with Crippen LogP contribution in [0.15, 0.2) is 30.5 Å². The van der Waals surface area contributed by atoms with E-state index in [0.717, 1.165) is 5.56 Å². The first-order valence-electron chi connectivity index (χ1n) is 6.45. The Balaban J connectivity index is 2.09. The van der Waals surface area contributed by atoms with Crippen LogP contribution in [0.2, 0.25) is 0 Å². The van der Waals surface area contributed by atoms with E-state index < -0.39 is 11.7 Å². The van der Waals surface area contributed by atoms with E-state index >= 15 is 0 Å². The molecular weight excluding hydrogens is 275 g/mol. The summed E-state index contributed by atoms with van der Waals surface area (Å²) in [6.07, 6.45) is 1.50. The highest BCUT2D eigenvalue weighted by atomic mass is 19.1. The van der Waals surface area contributed by atoms with Crippen LogP contribution in [-0.4, -0.2) is 35.9 Å². The summed E-state index contributed by atoms with van der Waals surface area (Å²) in [5, 5.41) is 7.06. The normalized spacial score (nSPS) is 10.8. The molecule has 2 aromatic rings. The number of nitrogens with one attached hydrogen (secondary N) is 1. The Hall–Kier alpha value is -2.25. The molecule has 1 amide bonds. The molecule has 1 aromatic heterocycles. The monoisotopic (exact) mass is 292 g/mol. The Morgan fingerprint density at radius 3 is 2.90 bits per heavy atom. The smallest absolute Gasteiger partial charge is 0.269 e. The second-order valence-corrected chi connectivity index (χ2v) is 4.47. The lowest BCUT2D eigenvalue weighted by molar-refractivity contribution is 0.0995. The Bertz CT molecular complexity index is 627. The summed E-state index contributed by atoms with van der Waals surface area (Å²) in [6.45, 7) is 1.84. The zero-order chi connectivity index (χ0) is 15.2. The van der Waals surface area contributed by atoms with Gasteiger partial charge < -0.3 is 15.8 Å². The number of nitrogens with two attached hydrogens (primary N) is 1. The van der Waals surface area contributed by atoms with Gasteiger partial charge in [-0.25, -0.2) is 9.07 Å². The Kier molecular flexibility index (Phi) is 5.02. The average Bonchev–Trinajstić information content (AvgIpc) is 2.93. The van der Waals surface area contributed by atoms with Gasteiger partial charge in [0.25, 0.3) is 5.91 Å². The van der Waals surface area contributed by atoms with Crippen molar-refractivity contribution in [3.63, 3.8) is 0 Å². The second kappa shape index (κ2) is 6.96. The quantitative estimate of drug-likeness (QED) is 0.741. The molecule has 7 heteroatoms. The maximum atomic E-state index is 14.1. The van der Waals surface area contributed by atoms with Crippen molar-refractivity contribution in [1.82, 2.24) is 15.1 Å². The first-order valence-corrected chi connectivity index (χ1v) is 6.45. The molecular formula is C14H17FN4O2. The van der Waals surface area contributed by atoms with E-state index in [9.17, 15) is 9.18 Å². The lowest BCUT2D eigenvalue weighted by Crippen LogP contribution is -2.18. The fraction of sp³-hybridized carbons (Fsp3) is 0.286. The molecule has 112 valence electrons. The zero-order valence-corrected chi connectivity index (χ0v) is 11.7. The molecule has 3 N–H and O–H groups in total. The lowest BCUT2D eigenvalue weighted by Gasteiger charge is -2.07. The average molecular weight is 292 g/mol. The number of hydrogen-bond donors (Lipinski definition) is 2. The molecule has 0 bridgehead atoms. The Morgan fingerprint density at radius 2 is 2.29 bits per heavy atom. The minimum Gasteiger partial charge on any atom is -0.383 e. The van der Waals surface area contributed by atoms with Crippen molar-refractivity contribution in [3.8, 4) is 5.69 Å². The van der Waals surface area contributed by atoms with Gasteiger partial charge in [0.2, 0.25) is 0 Å². The molecule has 0 aliphatic rings. The van der Waals surface area contributed by atoms with Crippen LogP contribution < -0.4 is 11.1 Å². The largest absolute Gasteiger partial charge is 0.383 e. The van der Waals surface area contributed by atoms with Gasteiger partial charge in [0.15, 0.2) is 0 Å². The maximum Gasteiger partial charge on any atom is 0.269 e. The number of rotatable bonds is 7. The van der Waals surface area contributed by atoms with Crippen molar-refractivity contribution in [2.45, 2.75) is 6.54 Å². The highest BCUT2D eigenvalue weighted by Gasteiger charge is 2.10. The minimum atomic E-state index is -0.645. The number of methoxy groups -OCH3 is 1. The van der Waals surface area contributed by atoms with Gasteiger partial charge in [-0.2, -0.15) is 5.10 Å². The van der Waals surface area contributed by atoms with Crippen LogP contribution in [0.3, 0.4) is 0 Å². The summed E-state index contributed by atoms with van der Waals surface area (Å²) in [4.78, 5) is 11.0. The molecule has 0 aliphatic carbocycles.